The van der Waals surface area contributed by atoms with Crippen molar-refractivity contribution >= 4 is 11.6 Å². The highest BCUT2D eigenvalue weighted by Gasteiger charge is 2.14. The molecule has 4 nitrogen and oxygen atoms in total. The van der Waals surface area contributed by atoms with Gasteiger partial charge < -0.3 is 10.2 Å². The van der Waals surface area contributed by atoms with Crippen LogP contribution in [0.1, 0.15) is 37.8 Å². The van der Waals surface area contributed by atoms with Crippen molar-refractivity contribution in [2.75, 3.05) is 11.9 Å². The van der Waals surface area contributed by atoms with Crippen LogP contribution in [0.3, 0.4) is 0 Å². The number of nitriles is 1. The predicted molar refractivity (Wildman–Crippen MR) is 105 cm³/mol. The molecule has 0 fully saturated rings. The lowest BCUT2D eigenvalue weighted by Crippen LogP contribution is -2.21. The zero-order valence-electron chi connectivity index (χ0n) is 15.6. The van der Waals surface area contributed by atoms with Crippen molar-refractivity contribution in [3.8, 4) is 6.07 Å². The van der Waals surface area contributed by atoms with Gasteiger partial charge >= 0.3 is 0 Å². The van der Waals surface area contributed by atoms with Crippen molar-refractivity contribution in [3.63, 3.8) is 0 Å². The molecule has 134 valence electrons. The molecule has 0 atom stereocenters. The SMILES string of the molecule is CCN(/C=C(/C#N)C(=O)Nc1ccccc1C(C)C)Cc1ccccc1. The Kier molecular flexibility index (Phi) is 6.99. The quantitative estimate of drug-likeness (QED) is 0.584. The first-order chi connectivity index (χ1) is 12.5. The average molecular weight is 347 g/mol. The molecule has 0 saturated heterocycles. The summed E-state index contributed by atoms with van der Waals surface area (Å²) in [6.45, 7) is 7.50. The van der Waals surface area contributed by atoms with Crippen LogP contribution in [0.15, 0.2) is 66.4 Å². The first-order valence-corrected chi connectivity index (χ1v) is 8.85. The number of hydrogen-bond donors (Lipinski definition) is 1. The zero-order chi connectivity index (χ0) is 18.9. The molecule has 26 heavy (non-hydrogen) atoms. The second-order valence-electron chi connectivity index (χ2n) is 6.40. The Hall–Kier alpha value is -3.06. The van der Waals surface area contributed by atoms with Crippen LogP contribution in [0.2, 0.25) is 0 Å². The summed E-state index contributed by atoms with van der Waals surface area (Å²) in [4.78, 5) is 14.6. The summed E-state index contributed by atoms with van der Waals surface area (Å²) in [5.41, 5.74) is 3.03. The number of anilines is 1. The lowest BCUT2D eigenvalue weighted by atomic mass is 10.0. The van der Waals surface area contributed by atoms with E-state index in [4.69, 9.17) is 0 Å². The predicted octanol–water partition coefficient (Wildman–Crippen LogP) is 4.68. The van der Waals surface area contributed by atoms with Gasteiger partial charge in [-0.05, 0) is 30.0 Å². The second-order valence-corrected chi connectivity index (χ2v) is 6.40. The topological polar surface area (TPSA) is 56.1 Å². The smallest absolute Gasteiger partial charge is 0.267 e. The third kappa shape index (κ3) is 5.22. The van der Waals surface area contributed by atoms with E-state index in [9.17, 15) is 10.1 Å². The number of carbonyl (C=O) groups is 1. The van der Waals surface area contributed by atoms with Crippen molar-refractivity contribution in [3.05, 3.63) is 77.5 Å². The molecule has 0 unspecified atom stereocenters. The summed E-state index contributed by atoms with van der Waals surface area (Å²) in [6, 6.07) is 19.7. The van der Waals surface area contributed by atoms with Crippen LogP contribution < -0.4 is 5.32 Å². The Balaban J connectivity index is 2.17. The van der Waals surface area contributed by atoms with Crippen LogP contribution >= 0.6 is 0 Å². The van der Waals surface area contributed by atoms with E-state index in [1.165, 1.54) is 0 Å². The van der Waals surface area contributed by atoms with Gasteiger partial charge in [-0.15, -0.1) is 0 Å². The molecule has 0 aliphatic carbocycles. The van der Waals surface area contributed by atoms with Crippen molar-refractivity contribution in [1.82, 2.24) is 4.90 Å². The second kappa shape index (κ2) is 9.43. The molecular formula is C22H25N3O. The standard InChI is InChI=1S/C22H25N3O/c1-4-25(15-18-10-6-5-7-11-18)16-19(14-23)22(26)24-21-13-9-8-12-20(21)17(2)3/h5-13,16-17H,4,15H2,1-3H3,(H,24,26)/b19-16-. The summed E-state index contributed by atoms with van der Waals surface area (Å²) in [5.74, 6) is -0.0988. The van der Waals surface area contributed by atoms with E-state index >= 15 is 0 Å². The normalized spacial score (nSPS) is 11.1. The largest absolute Gasteiger partial charge is 0.372 e. The Morgan fingerprint density at radius 1 is 1.15 bits per heavy atom. The van der Waals surface area contributed by atoms with Gasteiger partial charge in [0, 0.05) is 25.0 Å². The van der Waals surface area contributed by atoms with Crippen molar-refractivity contribution in [1.29, 1.82) is 5.26 Å². The van der Waals surface area contributed by atoms with Crippen LogP contribution in [0.25, 0.3) is 0 Å². The number of benzene rings is 2. The van der Waals surface area contributed by atoms with Gasteiger partial charge in [0.25, 0.3) is 5.91 Å². The van der Waals surface area contributed by atoms with Gasteiger partial charge in [0.15, 0.2) is 0 Å². The van der Waals surface area contributed by atoms with Crippen LogP contribution in [-0.2, 0) is 11.3 Å². The molecule has 0 radical (unpaired) electrons. The number of rotatable bonds is 7. The maximum absolute atomic E-state index is 12.6. The molecule has 4 heteroatoms. The van der Waals surface area contributed by atoms with Gasteiger partial charge in [-0.3, -0.25) is 4.79 Å². The van der Waals surface area contributed by atoms with Crippen molar-refractivity contribution < 1.29 is 4.79 Å². The first kappa shape index (κ1) is 19.3. The van der Waals surface area contributed by atoms with E-state index < -0.39 is 0 Å². The van der Waals surface area contributed by atoms with Gasteiger partial charge in [-0.2, -0.15) is 5.26 Å². The monoisotopic (exact) mass is 347 g/mol. The number of para-hydroxylation sites is 1. The fourth-order valence-electron chi connectivity index (χ4n) is 2.69. The minimum absolute atomic E-state index is 0.0985. The Morgan fingerprint density at radius 3 is 2.42 bits per heavy atom. The van der Waals surface area contributed by atoms with Crippen LogP contribution in [0, 0.1) is 11.3 Å². The number of nitrogens with zero attached hydrogens (tertiary/aromatic N) is 2. The fraction of sp³-hybridized carbons (Fsp3) is 0.273. The molecule has 0 heterocycles. The Bertz CT molecular complexity index is 804. The average Bonchev–Trinajstić information content (AvgIpc) is 2.66. The third-order valence-electron chi connectivity index (χ3n) is 4.14. The molecule has 1 amide bonds. The highest BCUT2D eigenvalue weighted by atomic mass is 16.1. The molecule has 0 bridgehead atoms. The third-order valence-corrected chi connectivity index (χ3v) is 4.14. The minimum atomic E-state index is -0.382. The Labute approximate surface area is 155 Å². The lowest BCUT2D eigenvalue weighted by Gasteiger charge is -2.19. The summed E-state index contributed by atoms with van der Waals surface area (Å²) < 4.78 is 0. The molecular weight excluding hydrogens is 322 g/mol. The van der Waals surface area contributed by atoms with Crippen LogP contribution in [-0.4, -0.2) is 17.4 Å². The molecule has 0 aliphatic rings. The summed E-state index contributed by atoms with van der Waals surface area (Å²) in [7, 11) is 0. The molecule has 0 aliphatic heterocycles. The highest BCUT2D eigenvalue weighted by Crippen LogP contribution is 2.24. The van der Waals surface area contributed by atoms with Gasteiger partial charge in [-0.25, -0.2) is 0 Å². The van der Waals surface area contributed by atoms with Crippen LogP contribution in [0.5, 0.6) is 0 Å². The number of hydrogen-bond acceptors (Lipinski definition) is 3. The molecule has 1 N–H and O–H groups in total. The van der Waals surface area contributed by atoms with Gasteiger partial charge in [0.2, 0.25) is 0 Å². The molecule has 0 aromatic heterocycles. The summed E-state index contributed by atoms with van der Waals surface area (Å²) in [5, 5.41) is 12.3. The molecule has 2 aromatic carbocycles. The van der Waals surface area contributed by atoms with Gasteiger partial charge in [0.05, 0.1) is 0 Å². The zero-order valence-corrected chi connectivity index (χ0v) is 15.6. The summed E-state index contributed by atoms with van der Waals surface area (Å²) in [6.07, 6.45) is 1.64. The van der Waals surface area contributed by atoms with Crippen molar-refractivity contribution in [2.24, 2.45) is 0 Å². The maximum Gasteiger partial charge on any atom is 0.267 e. The summed E-state index contributed by atoms with van der Waals surface area (Å²) >= 11 is 0. The lowest BCUT2D eigenvalue weighted by molar-refractivity contribution is -0.112. The fourth-order valence-corrected chi connectivity index (χ4v) is 2.69. The Morgan fingerprint density at radius 2 is 1.81 bits per heavy atom. The van der Waals surface area contributed by atoms with E-state index in [0.717, 1.165) is 16.8 Å². The van der Waals surface area contributed by atoms with Gasteiger partial charge in [0.1, 0.15) is 11.6 Å². The van der Waals surface area contributed by atoms with E-state index in [1.807, 2.05) is 72.5 Å². The van der Waals surface area contributed by atoms with Crippen LogP contribution in [0.4, 0.5) is 5.69 Å². The van der Waals surface area contributed by atoms with E-state index in [1.54, 1.807) is 6.20 Å². The number of amides is 1. The van der Waals surface area contributed by atoms with E-state index in [0.29, 0.717) is 13.1 Å². The van der Waals surface area contributed by atoms with Crippen molar-refractivity contribution in [2.45, 2.75) is 33.2 Å². The molecule has 0 saturated carbocycles. The molecule has 2 aromatic rings. The first-order valence-electron chi connectivity index (χ1n) is 8.85. The number of nitrogens with one attached hydrogen (secondary N) is 1. The minimum Gasteiger partial charge on any atom is -0.372 e. The van der Waals surface area contributed by atoms with E-state index in [2.05, 4.69) is 19.2 Å². The maximum atomic E-state index is 12.6. The number of carbonyl (C=O) groups excluding carboxylic acids is 1. The highest BCUT2D eigenvalue weighted by molar-refractivity contribution is 6.06. The molecule has 0 spiro atoms. The van der Waals surface area contributed by atoms with Gasteiger partial charge in [-0.1, -0.05) is 62.4 Å². The molecule has 2 rings (SSSR count). The van der Waals surface area contributed by atoms with E-state index in [-0.39, 0.29) is 17.4 Å².